The average molecular weight is 255 g/mol. The topological polar surface area (TPSA) is 30.5 Å². The van der Waals surface area contributed by atoms with E-state index in [4.69, 9.17) is 9.47 Å². The molecule has 1 aliphatic rings. The standard InChI is InChI=1S/C13H21NO2S/c1-14-12(9-11-3-8-17-10-11)13(15-2)4-6-16-7-5-13/h3,8,10,12,14H,4-7,9H2,1-2H3. The van der Waals surface area contributed by atoms with E-state index >= 15 is 0 Å². The second-order valence-electron chi connectivity index (χ2n) is 4.56. The minimum atomic E-state index is -0.0745. The first kappa shape index (κ1) is 13.0. The third-order valence-corrected chi connectivity index (χ3v) is 4.48. The molecular formula is C13H21NO2S. The van der Waals surface area contributed by atoms with Gasteiger partial charge < -0.3 is 14.8 Å². The van der Waals surface area contributed by atoms with Gasteiger partial charge in [-0.25, -0.2) is 0 Å². The first-order valence-electron chi connectivity index (χ1n) is 6.12. The third kappa shape index (κ3) is 2.88. The fourth-order valence-corrected chi connectivity index (χ4v) is 3.29. The number of methoxy groups -OCH3 is 1. The first-order chi connectivity index (χ1) is 8.30. The van der Waals surface area contributed by atoms with Gasteiger partial charge in [-0.05, 0) is 35.9 Å². The van der Waals surface area contributed by atoms with Crippen LogP contribution in [-0.2, 0) is 15.9 Å². The zero-order chi connectivity index (χ0) is 12.1. The molecule has 0 saturated carbocycles. The Kier molecular flexibility index (Phi) is 4.56. The van der Waals surface area contributed by atoms with Gasteiger partial charge in [-0.2, -0.15) is 11.3 Å². The van der Waals surface area contributed by atoms with Gasteiger partial charge in [0.25, 0.3) is 0 Å². The smallest absolute Gasteiger partial charge is 0.0877 e. The van der Waals surface area contributed by atoms with Crippen LogP contribution in [0.15, 0.2) is 16.8 Å². The van der Waals surface area contributed by atoms with Crippen molar-refractivity contribution in [1.82, 2.24) is 5.32 Å². The van der Waals surface area contributed by atoms with Gasteiger partial charge in [-0.1, -0.05) is 0 Å². The monoisotopic (exact) mass is 255 g/mol. The molecule has 0 spiro atoms. The van der Waals surface area contributed by atoms with Crippen LogP contribution in [0.5, 0.6) is 0 Å². The van der Waals surface area contributed by atoms with Crippen LogP contribution in [0.2, 0.25) is 0 Å². The lowest BCUT2D eigenvalue weighted by atomic mass is 9.83. The molecule has 1 N–H and O–H groups in total. The summed E-state index contributed by atoms with van der Waals surface area (Å²) in [6.07, 6.45) is 2.96. The van der Waals surface area contributed by atoms with E-state index < -0.39 is 0 Å². The Morgan fingerprint density at radius 1 is 1.53 bits per heavy atom. The van der Waals surface area contributed by atoms with Crippen LogP contribution >= 0.6 is 11.3 Å². The third-order valence-electron chi connectivity index (χ3n) is 3.75. The Morgan fingerprint density at radius 2 is 2.29 bits per heavy atom. The molecular weight excluding hydrogens is 234 g/mol. The quantitative estimate of drug-likeness (QED) is 0.874. The van der Waals surface area contributed by atoms with Crippen LogP contribution in [0, 0.1) is 0 Å². The van der Waals surface area contributed by atoms with E-state index in [0.29, 0.717) is 6.04 Å². The molecule has 1 saturated heterocycles. The van der Waals surface area contributed by atoms with E-state index in [-0.39, 0.29) is 5.60 Å². The summed E-state index contributed by atoms with van der Waals surface area (Å²) in [5.74, 6) is 0. The summed E-state index contributed by atoms with van der Waals surface area (Å²) in [6.45, 7) is 1.60. The molecule has 0 aliphatic carbocycles. The molecule has 2 heterocycles. The summed E-state index contributed by atoms with van der Waals surface area (Å²) in [5.41, 5.74) is 1.31. The van der Waals surface area contributed by atoms with Gasteiger partial charge in [0.15, 0.2) is 0 Å². The largest absolute Gasteiger partial charge is 0.381 e. The van der Waals surface area contributed by atoms with Crippen molar-refractivity contribution < 1.29 is 9.47 Å². The predicted molar refractivity (Wildman–Crippen MR) is 70.7 cm³/mol. The zero-order valence-corrected chi connectivity index (χ0v) is 11.4. The van der Waals surface area contributed by atoms with Crippen LogP contribution < -0.4 is 5.32 Å². The highest BCUT2D eigenvalue weighted by molar-refractivity contribution is 7.07. The number of rotatable bonds is 5. The van der Waals surface area contributed by atoms with Crippen LogP contribution in [0.3, 0.4) is 0 Å². The van der Waals surface area contributed by atoms with Crippen molar-refractivity contribution in [2.75, 3.05) is 27.4 Å². The summed E-state index contributed by atoms with van der Waals surface area (Å²) >= 11 is 1.75. The summed E-state index contributed by atoms with van der Waals surface area (Å²) in [5, 5.41) is 7.77. The number of nitrogens with one attached hydrogen (secondary N) is 1. The molecule has 0 radical (unpaired) electrons. The molecule has 17 heavy (non-hydrogen) atoms. The molecule has 96 valence electrons. The normalized spacial score (nSPS) is 21.3. The average Bonchev–Trinajstić information content (AvgIpc) is 2.89. The van der Waals surface area contributed by atoms with Crippen LogP contribution in [0.4, 0.5) is 0 Å². The van der Waals surface area contributed by atoms with E-state index in [2.05, 4.69) is 22.1 Å². The Morgan fingerprint density at radius 3 is 2.82 bits per heavy atom. The van der Waals surface area contributed by atoms with Crippen molar-refractivity contribution in [2.24, 2.45) is 0 Å². The maximum absolute atomic E-state index is 5.84. The SMILES string of the molecule is CNC(Cc1ccsc1)C1(OC)CCOCC1. The Labute approximate surface area is 107 Å². The summed E-state index contributed by atoms with van der Waals surface area (Å²) in [7, 11) is 3.84. The molecule has 0 bridgehead atoms. The highest BCUT2D eigenvalue weighted by Crippen LogP contribution is 2.30. The Hall–Kier alpha value is -0.420. The number of ether oxygens (including phenoxy) is 2. The molecule has 0 amide bonds. The van der Waals surface area contributed by atoms with E-state index in [0.717, 1.165) is 32.5 Å². The molecule has 1 fully saturated rings. The van der Waals surface area contributed by atoms with Crippen molar-refractivity contribution >= 4 is 11.3 Å². The summed E-state index contributed by atoms with van der Waals surface area (Å²) < 4.78 is 11.3. The van der Waals surface area contributed by atoms with E-state index in [1.165, 1.54) is 5.56 Å². The van der Waals surface area contributed by atoms with Crippen molar-refractivity contribution in [1.29, 1.82) is 0 Å². The second-order valence-corrected chi connectivity index (χ2v) is 5.34. The maximum atomic E-state index is 5.84. The Bertz CT molecular complexity index is 320. The molecule has 1 aromatic heterocycles. The zero-order valence-electron chi connectivity index (χ0n) is 10.6. The van der Waals surface area contributed by atoms with Crippen LogP contribution in [0.1, 0.15) is 18.4 Å². The maximum Gasteiger partial charge on any atom is 0.0877 e. The van der Waals surface area contributed by atoms with Crippen molar-refractivity contribution in [3.63, 3.8) is 0 Å². The molecule has 1 aliphatic heterocycles. The molecule has 1 unspecified atom stereocenters. The lowest BCUT2D eigenvalue weighted by Crippen LogP contribution is -2.55. The van der Waals surface area contributed by atoms with E-state index in [1.807, 2.05) is 14.2 Å². The summed E-state index contributed by atoms with van der Waals surface area (Å²) in [6, 6.07) is 2.54. The van der Waals surface area contributed by atoms with Gasteiger partial charge in [-0.15, -0.1) is 0 Å². The predicted octanol–water partition coefficient (Wildman–Crippen LogP) is 2.07. The summed E-state index contributed by atoms with van der Waals surface area (Å²) in [4.78, 5) is 0. The Balaban J connectivity index is 2.09. The highest BCUT2D eigenvalue weighted by atomic mass is 32.1. The molecule has 3 nitrogen and oxygen atoms in total. The number of hydrogen-bond donors (Lipinski definition) is 1. The lowest BCUT2D eigenvalue weighted by molar-refractivity contribution is -0.109. The van der Waals surface area contributed by atoms with Crippen LogP contribution in [-0.4, -0.2) is 39.0 Å². The molecule has 0 aromatic carbocycles. The fourth-order valence-electron chi connectivity index (χ4n) is 2.61. The second kappa shape index (κ2) is 5.96. The fraction of sp³-hybridized carbons (Fsp3) is 0.692. The molecule has 4 heteroatoms. The number of thiophene rings is 1. The van der Waals surface area contributed by atoms with Crippen molar-refractivity contribution in [3.8, 4) is 0 Å². The van der Waals surface area contributed by atoms with E-state index in [9.17, 15) is 0 Å². The number of hydrogen-bond acceptors (Lipinski definition) is 4. The first-order valence-corrected chi connectivity index (χ1v) is 7.06. The molecule has 2 rings (SSSR count). The van der Waals surface area contributed by atoms with E-state index in [1.54, 1.807) is 11.3 Å². The van der Waals surface area contributed by atoms with Crippen molar-refractivity contribution in [3.05, 3.63) is 22.4 Å². The van der Waals surface area contributed by atoms with Gasteiger partial charge in [-0.3, -0.25) is 0 Å². The minimum absolute atomic E-state index is 0.0745. The van der Waals surface area contributed by atoms with Gasteiger partial charge >= 0.3 is 0 Å². The molecule has 1 atom stereocenters. The minimum Gasteiger partial charge on any atom is -0.381 e. The molecule has 1 aromatic rings. The van der Waals surface area contributed by atoms with Gasteiger partial charge in [0, 0.05) is 39.2 Å². The highest BCUT2D eigenvalue weighted by Gasteiger charge is 2.39. The van der Waals surface area contributed by atoms with Gasteiger partial charge in [0.2, 0.25) is 0 Å². The lowest BCUT2D eigenvalue weighted by Gasteiger charge is -2.42. The van der Waals surface area contributed by atoms with Crippen LogP contribution in [0.25, 0.3) is 0 Å². The number of likely N-dealkylation sites (N-methyl/N-ethyl adjacent to an activating group) is 1. The van der Waals surface area contributed by atoms with Gasteiger partial charge in [0.05, 0.1) is 5.60 Å². The van der Waals surface area contributed by atoms with Crippen molar-refractivity contribution in [2.45, 2.75) is 30.9 Å². The van der Waals surface area contributed by atoms with Gasteiger partial charge in [0.1, 0.15) is 0 Å².